The van der Waals surface area contributed by atoms with Crippen molar-refractivity contribution < 1.29 is 27.1 Å². The van der Waals surface area contributed by atoms with E-state index in [0.29, 0.717) is 12.1 Å². The van der Waals surface area contributed by atoms with Crippen molar-refractivity contribution in [3.8, 4) is 0 Å². The Balaban J connectivity index is 3.15. The molecule has 0 amide bonds. The zero-order chi connectivity index (χ0) is 12.3. The molecule has 0 spiro atoms. The van der Waals surface area contributed by atoms with Crippen LogP contribution < -0.4 is 0 Å². The van der Waals surface area contributed by atoms with E-state index < -0.39 is 29.1 Å². The van der Waals surface area contributed by atoms with Crippen molar-refractivity contribution in [2.24, 2.45) is 0 Å². The molecule has 0 aliphatic rings. The molecule has 0 radical (unpaired) electrons. The number of halogens is 4. The van der Waals surface area contributed by atoms with Crippen LogP contribution in [-0.2, 0) is 15.5 Å². The summed E-state index contributed by atoms with van der Waals surface area (Å²) in [5.41, 5.74) is -1.33. The lowest BCUT2D eigenvalue weighted by Gasteiger charge is -2.15. The maximum absolute atomic E-state index is 13.3. The van der Waals surface area contributed by atoms with Crippen LogP contribution in [0.1, 0.15) is 12.5 Å². The van der Waals surface area contributed by atoms with Gasteiger partial charge in [-0.1, -0.05) is 0 Å². The van der Waals surface area contributed by atoms with Crippen molar-refractivity contribution in [2.45, 2.75) is 12.8 Å². The summed E-state index contributed by atoms with van der Waals surface area (Å²) in [6.07, 6.45) is 0. The molecule has 0 saturated carbocycles. The summed E-state index contributed by atoms with van der Waals surface area (Å²) in [4.78, 5) is 10.9. The van der Waals surface area contributed by atoms with Crippen molar-refractivity contribution in [1.82, 2.24) is 0 Å². The molecule has 0 heterocycles. The fourth-order valence-electron chi connectivity index (χ4n) is 1.07. The van der Waals surface area contributed by atoms with E-state index in [1.807, 2.05) is 0 Å². The molecule has 2 nitrogen and oxygen atoms in total. The highest BCUT2D eigenvalue weighted by Gasteiger charge is 2.45. The Morgan fingerprint density at radius 3 is 2.56 bits per heavy atom. The van der Waals surface area contributed by atoms with Gasteiger partial charge in [-0.2, -0.15) is 8.78 Å². The van der Waals surface area contributed by atoms with Crippen LogP contribution in [0.4, 0.5) is 17.6 Å². The fourth-order valence-corrected chi connectivity index (χ4v) is 1.07. The van der Waals surface area contributed by atoms with Crippen LogP contribution >= 0.6 is 0 Å². The number of hydrogen-bond donors (Lipinski definition) is 0. The summed E-state index contributed by atoms with van der Waals surface area (Å²) < 4.78 is 56.4. The molecule has 0 saturated heterocycles. The van der Waals surface area contributed by atoms with Gasteiger partial charge in [0.25, 0.3) is 0 Å². The lowest BCUT2D eigenvalue weighted by atomic mass is 10.1. The standard InChI is InChI=1S/C10H8F4O2/c1-2-16-9(15)10(13,14)7-5-6(11)3-4-8(7)12/h3-5H,2H2,1H3. The van der Waals surface area contributed by atoms with Crippen molar-refractivity contribution >= 4 is 5.97 Å². The second-order valence-electron chi connectivity index (χ2n) is 2.92. The molecule has 1 rings (SSSR count). The highest BCUT2D eigenvalue weighted by Crippen LogP contribution is 2.31. The summed E-state index contributed by atoms with van der Waals surface area (Å²) in [6.45, 7) is 1.06. The first-order valence-electron chi connectivity index (χ1n) is 4.40. The Hall–Kier alpha value is -1.59. The van der Waals surface area contributed by atoms with Gasteiger partial charge < -0.3 is 4.74 Å². The third-order valence-electron chi connectivity index (χ3n) is 1.80. The average molecular weight is 236 g/mol. The third kappa shape index (κ3) is 2.32. The largest absolute Gasteiger partial charge is 0.461 e. The van der Waals surface area contributed by atoms with Gasteiger partial charge in [-0.15, -0.1) is 0 Å². The van der Waals surface area contributed by atoms with E-state index in [0.717, 1.165) is 0 Å². The van der Waals surface area contributed by atoms with Crippen molar-refractivity contribution in [3.05, 3.63) is 35.4 Å². The highest BCUT2D eigenvalue weighted by atomic mass is 19.3. The number of alkyl halides is 2. The smallest absolute Gasteiger partial charge is 0.382 e. The Morgan fingerprint density at radius 2 is 2.00 bits per heavy atom. The number of hydrogen-bond acceptors (Lipinski definition) is 2. The zero-order valence-electron chi connectivity index (χ0n) is 8.27. The lowest BCUT2D eigenvalue weighted by molar-refractivity contribution is -0.173. The van der Waals surface area contributed by atoms with Gasteiger partial charge in [0.1, 0.15) is 11.6 Å². The molecule has 1 aromatic carbocycles. The lowest BCUT2D eigenvalue weighted by Crippen LogP contribution is -2.29. The number of ether oxygens (including phenoxy) is 1. The van der Waals surface area contributed by atoms with E-state index >= 15 is 0 Å². The van der Waals surface area contributed by atoms with Crippen LogP contribution in [0.5, 0.6) is 0 Å². The number of carbonyl (C=O) groups excluding carboxylic acids is 1. The minimum atomic E-state index is -4.19. The topological polar surface area (TPSA) is 26.3 Å². The predicted molar refractivity (Wildman–Crippen MR) is 46.9 cm³/mol. The van der Waals surface area contributed by atoms with Crippen LogP contribution in [0, 0.1) is 11.6 Å². The summed E-state index contributed by atoms with van der Waals surface area (Å²) in [6, 6.07) is 1.48. The Morgan fingerprint density at radius 1 is 1.38 bits per heavy atom. The predicted octanol–water partition coefficient (Wildman–Crippen LogP) is 2.62. The number of rotatable bonds is 3. The van der Waals surface area contributed by atoms with Gasteiger partial charge >= 0.3 is 11.9 Å². The minimum Gasteiger partial charge on any atom is -0.461 e. The van der Waals surface area contributed by atoms with Gasteiger partial charge in [-0.25, -0.2) is 13.6 Å². The second kappa shape index (κ2) is 4.51. The molecule has 0 unspecified atom stereocenters. The molecule has 16 heavy (non-hydrogen) atoms. The average Bonchev–Trinajstić information content (AvgIpc) is 2.22. The van der Waals surface area contributed by atoms with E-state index in [9.17, 15) is 22.4 Å². The molecule has 0 atom stereocenters. The molecule has 0 aliphatic carbocycles. The first-order valence-corrected chi connectivity index (χ1v) is 4.40. The maximum atomic E-state index is 13.3. The van der Waals surface area contributed by atoms with Crippen LogP contribution in [0.25, 0.3) is 0 Å². The highest BCUT2D eigenvalue weighted by molar-refractivity contribution is 5.79. The van der Waals surface area contributed by atoms with Crippen LogP contribution in [0.2, 0.25) is 0 Å². The first-order chi connectivity index (χ1) is 7.39. The monoisotopic (exact) mass is 236 g/mol. The van der Waals surface area contributed by atoms with E-state index in [1.165, 1.54) is 6.92 Å². The van der Waals surface area contributed by atoms with Crippen molar-refractivity contribution in [3.63, 3.8) is 0 Å². The zero-order valence-corrected chi connectivity index (χ0v) is 8.27. The number of esters is 1. The van der Waals surface area contributed by atoms with Crippen LogP contribution in [0.3, 0.4) is 0 Å². The molecule has 0 fully saturated rings. The molecule has 0 aromatic heterocycles. The van der Waals surface area contributed by atoms with Gasteiger partial charge in [-0.05, 0) is 25.1 Å². The maximum Gasteiger partial charge on any atom is 0.382 e. The molecule has 1 aromatic rings. The Kier molecular flexibility index (Phi) is 3.51. The Labute approximate surface area is 88.8 Å². The van der Waals surface area contributed by atoms with Crippen LogP contribution in [-0.4, -0.2) is 12.6 Å². The molecule has 6 heteroatoms. The van der Waals surface area contributed by atoms with E-state index in [-0.39, 0.29) is 12.7 Å². The number of carbonyl (C=O) groups is 1. The van der Waals surface area contributed by atoms with Gasteiger partial charge in [-0.3, -0.25) is 0 Å². The van der Waals surface area contributed by atoms with E-state index in [1.54, 1.807) is 0 Å². The molecule has 0 N–H and O–H groups in total. The first kappa shape index (κ1) is 12.5. The molecular weight excluding hydrogens is 228 g/mol. The second-order valence-corrected chi connectivity index (χ2v) is 2.92. The number of benzene rings is 1. The van der Waals surface area contributed by atoms with E-state index in [2.05, 4.69) is 4.74 Å². The normalized spacial score (nSPS) is 11.3. The quantitative estimate of drug-likeness (QED) is 0.595. The SMILES string of the molecule is CCOC(=O)C(F)(F)c1cc(F)ccc1F. The van der Waals surface area contributed by atoms with Gasteiger partial charge in [0, 0.05) is 0 Å². The summed E-state index contributed by atoms with van der Waals surface area (Å²) in [5, 5.41) is 0. The summed E-state index contributed by atoms with van der Waals surface area (Å²) in [5.74, 6) is -8.51. The van der Waals surface area contributed by atoms with Gasteiger partial charge in [0.2, 0.25) is 0 Å². The van der Waals surface area contributed by atoms with E-state index in [4.69, 9.17) is 0 Å². The van der Waals surface area contributed by atoms with Crippen molar-refractivity contribution in [2.75, 3.05) is 6.61 Å². The molecule has 88 valence electrons. The fraction of sp³-hybridized carbons (Fsp3) is 0.300. The summed E-state index contributed by atoms with van der Waals surface area (Å²) >= 11 is 0. The summed E-state index contributed by atoms with van der Waals surface area (Å²) in [7, 11) is 0. The van der Waals surface area contributed by atoms with Crippen molar-refractivity contribution in [1.29, 1.82) is 0 Å². The molecule has 0 aliphatic heterocycles. The van der Waals surface area contributed by atoms with Gasteiger partial charge in [0.05, 0.1) is 12.2 Å². The molecular formula is C10H8F4O2. The third-order valence-corrected chi connectivity index (χ3v) is 1.80. The minimum absolute atomic E-state index is 0.270. The molecule has 0 bridgehead atoms. The van der Waals surface area contributed by atoms with Gasteiger partial charge in [0.15, 0.2) is 0 Å². The Bertz CT molecular complexity index is 404. The van der Waals surface area contributed by atoms with Crippen LogP contribution in [0.15, 0.2) is 18.2 Å².